The number of aromatic hydroxyl groups is 1. The van der Waals surface area contributed by atoms with Gasteiger partial charge in [-0.3, -0.25) is 0 Å². The smallest absolute Gasteiger partial charge is 0.126 e. The molecule has 1 atom stereocenters. The van der Waals surface area contributed by atoms with Gasteiger partial charge in [-0.05, 0) is 37.4 Å². The molecule has 1 aromatic rings. The van der Waals surface area contributed by atoms with E-state index in [0.29, 0.717) is 0 Å². The maximum Gasteiger partial charge on any atom is 0.126 e. The fourth-order valence-electron chi connectivity index (χ4n) is 2.03. The van der Waals surface area contributed by atoms with Crippen molar-refractivity contribution in [2.75, 3.05) is 19.7 Å². The number of nitrogens with one attached hydrogen (secondary N) is 1. The highest BCUT2D eigenvalue weighted by molar-refractivity contribution is 5.41. The van der Waals surface area contributed by atoms with E-state index in [-0.39, 0.29) is 18.5 Å². The molecule has 2 rings (SSSR count). The number of aryl methyl sites for hydroxylation is 1. The maximum absolute atomic E-state index is 9.40. The van der Waals surface area contributed by atoms with Crippen molar-refractivity contribution in [3.8, 4) is 11.5 Å². The van der Waals surface area contributed by atoms with Crippen molar-refractivity contribution >= 4 is 0 Å². The van der Waals surface area contributed by atoms with E-state index in [1.807, 2.05) is 6.07 Å². The van der Waals surface area contributed by atoms with Crippen molar-refractivity contribution in [3.05, 3.63) is 23.8 Å². The van der Waals surface area contributed by atoms with Crippen LogP contribution in [0.4, 0.5) is 0 Å². The van der Waals surface area contributed by atoms with E-state index in [1.54, 1.807) is 12.1 Å². The molecule has 0 bridgehead atoms. The number of phenolic OH excluding ortho intramolecular Hbond substituents is 1. The van der Waals surface area contributed by atoms with Crippen LogP contribution in [0.3, 0.4) is 0 Å². The van der Waals surface area contributed by atoms with Crippen LogP contribution in [0.15, 0.2) is 18.2 Å². The summed E-state index contributed by atoms with van der Waals surface area (Å²) in [5.74, 6) is 1.04. The lowest BCUT2D eigenvalue weighted by atomic mass is 10.0. The first-order valence-corrected chi connectivity index (χ1v) is 6.09. The van der Waals surface area contributed by atoms with Gasteiger partial charge < -0.3 is 20.3 Å². The first kappa shape index (κ1) is 12.2. The summed E-state index contributed by atoms with van der Waals surface area (Å²) in [4.78, 5) is 0. The number of benzene rings is 1. The third-order valence-corrected chi connectivity index (χ3v) is 2.96. The Hall–Kier alpha value is -1.26. The minimum Gasteiger partial charge on any atom is -0.508 e. The van der Waals surface area contributed by atoms with Crippen LogP contribution in [-0.2, 0) is 6.42 Å². The monoisotopic (exact) mass is 237 g/mol. The highest BCUT2D eigenvalue weighted by atomic mass is 16.5. The Balaban J connectivity index is 1.85. The zero-order chi connectivity index (χ0) is 12.1. The summed E-state index contributed by atoms with van der Waals surface area (Å²) in [6.45, 7) is 1.81. The van der Waals surface area contributed by atoms with Crippen molar-refractivity contribution in [2.45, 2.75) is 25.4 Å². The third-order valence-electron chi connectivity index (χ3n) is 2.96. The SMILES string of the molecule is OCCCNC[C@@H]1CCc2ccc(O)cc2O1. The average molecular weight is 237 g/mol. The molecule has 1 aromatic carbocycles. The zero-order valence-corrected chi connectivity index (χ0v) is 9.85. The normalized spacial score (nSPS) is 18.5. The van der Waals surface area contributed by atoms with Gasteiger partial charge in [0.05, 0.1) is 0 Å². The summed E-state index contributed by atoms with van der Waals surface area (Å²) in [7, 11) is 0. The number of fused-ring (bicyclic) bond motifs is 1. The number of hydrogen-bond acceptors (Lipinski definition) is 4. The van der Waals surface area contributed by atoms with Gasteiger partial charge in [0.1, 0.15) is 17.6 Å². The highest BCUT2D eigenvalue weighted by Gasteiger charge is 2.19. The molecule has 0 spiro atoms. The Morgan fingerprint density at radius 1 is 1.41 bits per heavy atom. The molecule has 4 nitrogen and oxygen atoms in total. The molecule has 0 aliphatic carbocycles. The second-order valence-corrected chi connectivity index (χ2v) is 4.35. The molecule has 0 amide bonds. The van der Waals surface area contributed by atoms with Crippen molar-refractivity contribution in [3.63, 3.8) is 0 Å². The third kappa shape index (κ3) is 3.35. The summed E-state index contributed by atoms with van der Waals surface area (Å²) in [6.07, 6.45) is 2.90. The predicted molar refractivity (Wildman–Crippen MR) is 65.4 cm³/mol. The molecule has 1 heterocycles. The summed E-state index contributed by atoms with van der Waals surface area (Å²) >= 11 is 0. The number of hydrogen-bond donors (Lipinski definition) is 3. The van der Waals surface area contributed by atoms with Gasteiger partial charge >= 0.3 is 0 Å². The predicted octanol–water partition coefficient (Wildman–Crippen LogP) is 1.06. The minimum atomic E-state index is 0.156. The number of ether oxygens (including phenoxy) is 1. The lowest BCUT2D eigenvalue weighted by molar-refractivity contribution is 0.169. The molecule has 17 heavy (non-hydrogen) atoms. The van der Waals surface area contributed by atoms with Gasteiger partial charge in [-0.25, -0.2) is 0 Å². The first-order chi connectivity index (χ1) is 8.29. The number of aliphatic hydroxyl groups is 1. The fourth-order valence-corrected chi connectivity index (χ4v) is 2.03. The fraction of sp³-hybridized carbons (Fsp3) is 0.538. The van der Waals surface area contributed by atoms with E-state index < -0.39 is 0 Å². The van der Waals surface area contributed by atoms with Gasteiger partial charge in [-0.15, -0.1) is 0 Å². The van der Waals surface area contributed by atoms with E-state index in [1.165, 1.54) is 0 Å². The van der Waals surface area contributed by atoms with Crippen molar-refractivity contribution in [1.29, 1.82) is 0 Å². The highest BCUT2D eigenvalue weighted by Crippen LogP contribution is 2.30. The van der Waals surface area contributed by atoms with Gasteiger partial charge in [0.15, 0.2) is 0 Å². The first-order valence-electron chi connectivity index (χ1n) is 6.09. The molecule has 3 N–H and O–H groups in total. The molecule has 1 aliphatic heterocycles. The zero-order valence-electron chi connectivity index (χ0n) is 9.85. The summed E-state index contributed by atoms with van der Waals surface area (Å²) in [5.41, 5.74) is 1.16. The standard InChI is InChI=1S/C13H19NO3/c15-7-1-6-14-9-12-5-3-10-2-4-11(16)8-13(10)17-12/h2,4,8,12,14-16H,1,3,5-7,9H2/t12-/m0/s1. The second kappa shape index (κ2) is 5.89. The van der Waals surface area contributed by atoms with Crippen molar-refractivity contribution in [2.24, 2.45) is 0 Å². The van der Waals surface area contributed by atoms with E-state index >= 15 is 0 Å². The molecule has 0 unspecified atom stereocenters. The lowest BCUT2D eigenvalue weighted by Crippen LogP contribution is -2.34. The van der Waals surface area contributed by atoms with E-state index in [9.17, 15) is 5.11 Å². The molecular formula is C13H19NO3. The topological polar surface area (TPSA) is 61.7 Å². The van der Waals surface area contributed by atoms with Crippen LogP contribution in [0, 0.1) is 0 Å². The van der Waals surface area contributed by atoms with E-state index in [4.69, 9.17) is 9.84 Å². The van der Waals surface area contributed by atoms with Crippen LogP contribution in [0.1, 0.15) is 18.4 Å². The Kier molecular flexibility index (Phi) is 4.23. The summed E-state index contributed by atoms with van der Waals surface area (Å²) in [6, 6.07) is 5.29. The molecule has 0 aromatic heterocycles. The van der Waals surface area contributed by atoms with Crippen molar-refractivity contribution in [1.82, 2.24) is 5.32 Å². The molecule has 1 aliphatic rings. The van der Waals surface area contributed by atoms with Gasteiger partial charge in [0.25, 0.3) is 0 Å². The average Bonchev–Trinajstić information content (AvgIpc) is 2.34. The Morgan fingerprint density at radius 2 is 2.29 bits per heavy atom. The van der Waals surface area contributed by atoms with Crippen LogP contribution in [-0.4, -0.2) is 36.0 Å². The molecule has 0 fully saturated rings. The molecule has 94 valence electrons. The van der Waals surface area contributed by atoms with Crippen LogP contribution >= 0.6 is 0 Å². The van der Waals surface area contributed by atoms with Crippen LogP contribution in [0.5, 0.6) is 11.5 Å². The van der Waals surface area contributed by atoms with Gasteiger partial charge in [0, 0.05) is 19.2 Å². The maximum atomic E-state index is 9.40. The van der Waals surface area contributed by atoms with Crippen LogP contribution in [0.25, 0.3) is 0 Å². The lowest BCUT2D eigenvalue weighted by Gasteiger charge is -2.26. The van der Waals surface area contributed by atoms with E-state index in [2.05, 4.69) is 5.32 Å². The molecule has 4 heteroatoms. The number of aliphatic hydroxyl groups excluding tert-OH is 1. The van der Waals surface area contributed by atoms with E-state index in [0.717, 1.165) is 43.7 Å². The van der Waals surface area contributed by atoms with Gasteiger partial charge in [-0.2, -0.15) is 0 Å². The van der Waals surface area contributed by atoms with Crippen molar-refractivity contribution < 1.29 is 14.9 Å². The summed E-state index contributed by atoms with van der Waals surface area (Å²) in [5, 5.41) is 21.3. The van der Waals surface area contributed by atoms with Gasteiger partial charge in [-0.1, -0.05) is 6.07 Å². The Bertz CT molecular complexity index is 368. The second-order valence-electron chi connectivity index (χ2n) is 4.35. The molecular weight excluding hydrogens is 218 g/mol. The molecule has 0 radical (unpaired) electrons. The minimum absolute atomic E-state index is 0.156. The number of rotatable bonds is 5. The summed E-state index contributed by atoms with van der Waals surface area (Å²) < 4.78 is 5.81. The molecule has 0 saturated heterocycles. The number of phenols is 1. The Labute approximate surface area is 101 Å². The Morgan fingerprint density at radius 3 is 3.12 bits per heavy atom. The van der Waals surface area contributed by atoms with Crippen LogP contribution in [0.2, 0.25) is 0 Å². The van der Waals surface area contributed by atoms with Gasteiger partial charge in [0.2, 0.25) is 0 Å². The quantitative estimate of drug-likeness (QED) is 0.670. The van der Waals surface area contributed by atoms with Crippen LogP contribution < -0.4 is 10.1 Å². The largest absolute Gasteiger partial charge is 0.508 e. The molecule has 0 saturated carbocycles.